The zero-order valence-corrected chi connectivity index (χ0v) is 14.0. The zero-order valence-electron chi connectivity index (χ0n) is 11.6. The van der Waals surface area contributed by atoms with Gasteiger partial charge in [-0.15, -0.1) is 0 Å². The third-order valence-electron chi connectivity index (χ3n) is 4.42. The molecule has 1 aromatic rings. The van der Waals surface area contributed by atoms with E-state index in [1.807, 2.05) is 12.1 Å². The molecule has 1 saturated carbocycles. The van der Waals surface area contributed by atoms with Gasteiger partial charge in [-0.3, -0.25) is 0 Å². The lowest BCUT2D eigenvalue weighted by atomic mass is 9.99. The second kappa shape index (κ2) is 5.65. The Kier molecular flexibility index (Phi) is 4.17. The summed E-state index contributed by atoms with van der Waals surface area (Å²) in [7, 11) is -3.06. The second-order valence-electron chi connectivity index (χ2n) is 5.76. The summed E-state index contributed by atoms with van der Waals surface area (Å²) < 4.78 is 41.6. The predicted molar refractivity (Wildman–Crippen MR) is 86.5 cm³/mol. The van der Waals surface area contributed by atoms with E-state index in [1.165, 1.54) is 0 Å². The van der Waals surface area contributed by atoms with E-state index in [0.717, 1.165) is 44.1 Å². The lowest BCUT2D eigenvalue weighted by Crippen LogP contribution is -2.19. The van der Waals surface area contributed by atoms with E-state index >= 15 is 0 Å². The van der Waals surface area contributed by atoms with Crippen LogP contribution >= 0.6 is 23.3 Å². The number of hydrogen-bond donors (Lipinski definition) is 0. The van der Waals surface area contributed by atoms with Gasteiger partial charge in [-0.25, -0.2) is 0 Å². The van der Waals surface area contributed by atoms with Crippen LogP contribution in [0.1, 0.15) is 44.1 Å². The summed E-state index contributed by atoms with van der Waals surface area (Å²) in [6.45, 7) is 0. The molecule has 1 aromatic carbocycles. The summed E-state index contributed by atoms with van der Waals surface area (Å²) in [5.41, 5.74) is -3.50. The number of fused-ring (bicyclic) bond motifs is 1. The average molecular weight is 379 g/mol. The van der Waals surface area contributed by atoms with Crippen molar-refractivity contribution < 1.29 is 13.2 Å². The summed E-state index contributed by atoms with van der Waals surface area (Å²) >= 11 is 3.18. The van der Waals surface area contributed by atoms with E-state index in [1.54, 1.807) is 18.2 Å². The molecule has 0 saturated heterocycles. The Morgan fingerprint density at radius 2 is 1.62 bits per heavy atom. The molecule has 0 N–H and O–H groups in total. The number of benzene rings is 1. The van der Waals surface area contributed by atoms with Crippen molar-refractivity contribution in [1.29, 1.82) is 0 Å². The summed E-state index contributed by atoms with van der Waals surface area (Å²) in [4.78, 5) is 1.02. The molecule has 5 heteroatoms. The van der Waals surface area contributed by atoms with Crippen LogP contribution in [0.4, 0.5) is 13.2 Å². The van der Waals surface area contributed by atoms with Gasteiger partial charge in [0, 0.05) is 4.90 Å². The molecule has 1 fully saturated rings. The first-order valence-electron chi connectivity index (χ1n) is 7.34. The Morgan fingerprint density at radius 1 is 1.00 bits per heavy atom. The van der Waals surface area contributed by atoms with Gasteiger partial charge in [0.1, 0.15) is 0 Å². The largest absolute Gasteiger partial charge is 0.442 e. The maximum atomic E-state index is 13.9. The Hall–Kier alpha value is -0.420. The van der Waals surface area contributed by atoms with Crippen molar-refractivity contribution in [2.45, 2.75) is 48.9 Å². The highest BCUT2D eigenvalue weighted by molar-refractivity contribution is 9.59. The molecule has 3 rings (SSSR count). The van der Waals surface area contributed by atoms with Crippen molar-refractivity contribution >= 4 is 29.4 Å². The highest BCUT2D eigenvalue weighted by Crippen LogP contribution is 2.82. The van der Waals surface area contributed by atoms with Crippen LogP contribution in [0.15, 0.2) is 34.1 Å². The van der Waals surface area contributed by atoms with Gasteiger partial charge >= 0.3 is 5.51 Å². The summed E-state index contributed by atoms with van der Waals surface area (Å²) in [6.07, 6.45) is 7.95. The first-order chi connectivity index (χ1) is 9.94. The maximum absolute atomic E-state index is 13.9. The third kappa shape index (κ3) is 2.56. The highest BCUT2D eigenvalue weighted by atomic mass is 79.9. The highest BCUT2D eigenvalue weighted by Gasteiger charge is 2.56. The van der Waals surface area contributed by atoms with Gasteiger partial charge in [0.2, 0.25) is 0 Å². The summed E-state index contributed by atoms with van der Waals surface area (Å²) in [5, 5.41) is 0. The van der Waals surface area contributed by atoms with Gasteiger partial charge in [0.05, 0.1) is 0 Å². The van der Waals surface area contributed by atoms with Gasteiger partial charge in [-0.05, 0) is 64.6 Å². The van der Waals surface area contributed by atoms with Crippen LogP contribution in [0.5, 0.6) is 0 Å². The van der Waals surface area contributed by atoms with E-state index in [0.29, 0.717) is 9.80 Å². The van der Waals surface area contributed by atoms with Crippen molar-refractivity contribution in [3.63, 3.8) is 0 Å². The van der Waals surface area contributed by atoms with E-state index in [2.05, 4.69) is 14.8 Å². The van der Waals surface area contributed by atoms with Gasteiger partial charge in [0.15, 0.2) is 0 Å². The SMILES string of the molecule is FC(F)(F)S1(Br)C(C2CCCCCC2)=Cc2ccccc21. The van der Waals surface area contributed by atoms with E-state index < -0.39 is 14.0 Å². The Bertz CT molecular complexity index is 559. The van der Waals surface area contributed by atoms with Gasteiger partial charge in [0.25, 0.3) is 0 Å². The fraction of sp³-hybridized carbons (Fsp3) is 0.500. The number of allylic oxidation sites excluding steroid dienone is 1. The topological polar surface area (TPSA) is 0 Å². The Balaban J connectivity index is 2.07. The molecule has 1 atom stereocenters. The predicted octanol–water partition coefficient (Wildman–Crippen LogP) is 7.00. The molecule has 0 spiro atoms. The average Bonchev–Trinajstić information content (AvgIpc) is 2.63. The van der Waals surface area contributed by atoms with Crippen LogP contribution in [0.25, 0.3) is 6.08 Å². The Labute approximate surface area is 132 Å². The van der Waals surface area contributed by atoms with Crippen LogP contribution in [0, 0.1) is 5.92 Å². The lowest BCUT2D eigenvalue weighted by Gasteiger charge is -2.38. The molecule has 2 aliphatic rings. The fourth-order valence-corrected chi connectivity index (χ4v) is 7.82. The first-order valence-corrected chi connectivity index (χ1v) is 10.8. The minimum atomic E-state index is -4.24. The monoisotopic (exact) mass is 378 g/mol. The number of alkyl halides is 3. The molecular weight excluding hydrogens is 361 g/mol. The number of hydrogen-bond acceptors (Lipinski definition) is 0. The standard InChI is InChI=1S/C16H18BrF3S/c17-21(16(18,19)20)14-10-6-5-9-13(14)11-15(21)12-7-3-1-2-4-8-12/h5-6,9-12H,1-4,7-8H2. The van der Waals surface area contributed by atoms with E-state index in [9.17, 15) is 13.2 Å². The molecule has 1 heterocycles. The normalized spacial score (nSPS) is 30.2. The smallest absolute Gasteiger partial charge is 0.160 e. The van der Waals surface area contributed by atoms with Gasteiger partial charge < -0.3 is 0 Å². The van der Waals surface area contributed by atoms with Crippen molar-refractivity contribution in [3.8, 4) is 0 Å². The minimum absolute atomic E-state index is 0.0656. The fourth-order valence-electron chi connectivity index (χ4n) is 3.39. The molecule has 1 unspecified atom stereocenters. The van der Waals surface area contributed by atoms with Crippen LogP contribution in [-0.2, 0) is 0 Å². The van der Waals surface area contributed by atoms with Crippen molar-refractivity contribution in [2.24, 2.45) is 5.92 Å². The Morgan fingerprint density at radius 3 is 2.24 bits per heavy atom. The third-order valence-corrected chi connectivity index (χ3v) is 10.4. The molecule has 1 aliphatic carbocycles. The molecule has 0 radical (unpaired) electrons. The summed E-state index contributed by atoms with van der Waals surface area (Å²) in [5.74, 6) is 0.0656. The molecule has 0 amide bonds. The zero-order chi connectivity index (χ0) is 15.1. The van der Waals surface area contributed by atoms with Crippen LogP contribution in [0.2, 0.25) is 0 Å². The first kappa shape index (κ1) is 15.5. The number of halogens is 4. The number of rotatable bonds is 1. The van der Waals surface area contributed by atoms with Crippen LogP contribution < -0.4 is 0 Å². The molecule has 21 heavy (non-hydrogen) atoms. The quantitative estimate of drug-likeness (QED) is 0.461. The molecular formula is C16H18BrF3S. The molecule has 1 aliphatic heterocycles. The van der Waals surface area contributed by atoms with Gasteiger partial charge in [-0.1, -0.05) is 43.9 Å². The maximum Gasteiger partial charge on any atom is 0.442 e. The molecule has 0 aromatic heterocycles. The minimum Gasteiger partial charge on any atom is -0.160 e. The van der Waals surface area contributed by atoms with E-state index in [-0.39, 0.29) is 5.92 Å². The molecule has 116 valence electrons. The second-order valence-corrected chi connectivity index (χ2v) is 11.1. The lowest BCUT2D eigenvalue weighted by molar-refractivity contribution is -0.0357. The van der Waals surface area contributed by atoms with Crippen molar-refractivity contribution in [3.05, 3.63) is 34.7 Å². The van der Waals surface area contributed by atoms with E-state index in [4.69, 9.17) is 0 Å². The van der Waals surface area contributed by atoms with Crippen LogP contribution in [-0.4, -0.2) is 5.51 Å². The van der Waals surface area contributed by atoms with Gasteiger partial charge in [-0.2, -0.15) is 13.2 Å². The summed E-state index contributed by atoms with van der Waals surface area (Å²) in [6, 6.07) is 6.95. The molecule has 0 bridgehead atoms. The molecule has 0 nitrogen and oxygen atoms in total. The van der Waals surface area contributed by atoms with Crippen LogP contribution in [0.3, 0.4) is 0 Å². The van der Waals surface area contributed by atoms with Crippen molar-refractivity contribution in [2.75, 3.05) is 0 Å². The van der Waals surface area contributed by atoms with Crippen molar-refractivity contribution in [1.82, 2.24) is 0 Å².